The molecule has 5 fully saturated rings. The van der Waals surface area contributed by atoms with E-state index < -0.39 is 0 Å². The second-order valence-corrected chi connectivity index (χ2v) is 12.7. The van der Waals surface area contributed by atoms with Gasteiger partial charge in [-0.15, -0.1) is 11.3 Å². The molecular formula is C26H35N3O3S. The van der Waals surface area contributed by atoms with Gasteiger partial charge in [0.1, 0.15) is 4.70 Å². The molecule has 0 aromatic carbocycles. The first-order chi connectivity index (χ1) is 15.9. The molecule has 0 saturated heterocycles. The van der Waals surface area contributed by atoms with E-state index in [2.05, 4.69) is 17.2 Å². The fourth-order valence-electron chi connectivity index (χ4n) is 8.19. The summed E-state index contributed by atoms with van der Waals surface area (Å²) in [4.78, 5) is 41.2. The number of aromatic nitrogens is 2. The highest BCUT2D eigenvalue weighted by Crippen LogP contribution is 2.61. The van der Waals surface area contributed by atoms with Crippen molar-refractivity contribution in [1.29, 1.82) is 0 Å². The highest BCUT2D eigenvalue weighted by molar-refractivity contribution is 7.17. The lowest BCUT2D eigenvalue weighted by Crippen LogP contribution is -2.56. The molecule has 1 atom stereocenters. The Morgan fingerprint density at radius 2 is 1.76 bits per heavy atom. The van der Waals surface area contributed by atoms with Gasteiger partial charge in [-0.3, -0.25) is 14.2 Å². The minimum atomic E-state index is -0.324. The van der Waals surface area contributed by atoms with Crippen molar-refractivity contribution < 1.29 is 4.79 Å². The molecule has 5 saturated carbocycles. The van der Waals surface area contributed by atoms with E-state index in [-0.39, 0.29) is 35.0 Å². The molecule has 0 radical (unpaired) electrons. The molecule has 5 aliphatic rings. The van der Waals surface area contributed by atoms with Crippen molar-refractivity contribution in [2.45, 2.75) is 83.7 Å². The third kappa shape index (κ3) is 3.80. The van der Waals surface area contributed by atoms with Crippen LogP contribution in [0.3, 0.4) is 0 Å². The number of hydrogen-bond acceptors (Lipinski definition) is 4. The van der Waals surface area contributed by atoms with E-state index in [9.17, 15) is 14.4 Å². The highest BCUT2D eigenvalue weighted by Gasteiger charge is 2.53. The van der Waals surface area contributed by atoms with Gasteiger partial charge in [-0.05, 0) is 112 Å². The third-order valence-electron chi connectivity index (χ3n) is 9.61. The van der Waals surface area contributed by atoms with E-state index in [1.165, 1.54) is 54.4 Å². The molecular weight excluding hydrogens is 434 g/mol. The molecule has 7 rings (SSSR count). The van der Waals surface area contributed by atoms with E-state index in [1.807, 2.05) is 5.38 Å². The van der Waals surface area contributed by atoms with Gasteiger partial charge in [0.05, 0.1) is 5.52 Å². The Labute approximate surface area is 198 Å². The van der Waals surface area contributed by atoms with Gasteiger partial charge in [0.25, 0.3) is 5.56 Å². The standard InChI is InChI=1S/C26H35N3O3S/c1-15(26-11-17-8-18(12-26)10-19(9-17)13-26)27-23(30)20-4-2-16(3-5-20)14-29-24(31)22-21(6-7-33-22)28-25(29)32/h6-7,15-20H,2-5,8-14H2,1H3,(H,27,30)(H,28,32)/t15-,16?,17?,18?,19?,20?,26?/m0/s1. The lowest BCUT2D eigenvalue weighted by molar-refractivity contribution is -0.131. The summed E-state index contributed by atoms with van der Waals surface area (Å²) in [6.45, 7) is 2.70. The summed E-state index contributed by atoms with van der Waals surface area (Å²) in [5.74, 6) is 3.24. The van der Waals surface area contributed by atoms with Crippen LogP contribution in [-0.4, -0.2) is 21.5 Å². The van der Waals surface area contributed by atoms with Crippen molar-refractivity contribution >= 4 is 27.5 Å². The van der Waals surface area contributed by atoms with Crippen LogP contribution in [-0.2, 0) is 11.3 Å². The molecule has 0 aliphatic heterocycles. The molecule has 5 aliphatic carbocycles. The van der Waals surface area contributed by atoms with Gasteiger partial charge >= 0.3 is 5.69 Å². The van der Waals surface area contributed by atoms with Crippen molar-refractivity contribution in [2.75, 3.05) is 0 Å². The summed E-state index contributed by atoms with van der Waals surface area (Å²) in [5.41, 5.74) is 0.451. The van der Waals surface area contributed by atoms with Gasteiger partial charge in [0.15, 0.2) is 0 Å². The van der Waals surface area contributed by atoms with E-state index >= 15 is 0 Å². The zero-order valence-electron chi connectivity index (χ0n) is 19.5. The Morgan fingerprint density at radius 3 is 2.39 bits per heavy atom. The van der Waals surface area contributed by atoms with E-state index in [0.29, 0.717) is 22.2 Å². The van der Waals surface area contributed by atoms with Crippen LogP contribution in [0.25, 0.3) is 10.2 Å². The number of H-pyrrole nitrogens is 1. The lowest BCUT2D eigenvalue weighted by Gasteiger charge is -2.59. The minimum absolute atomic E-state index is 0.0624. The maximum absolute atomic E-state index is 13.2. The Bertz CT molecular complexity index is 1130. The maximum Gasteiger partial charge on any atom is 0.328 e. The second-order valence-electron chi connectivity index (χ2n) is 11.7. The molecule has 178 valence electrons. The molecule has 2 heterocycles. The summed E-state index contributed by atoms with van der Waals surface area (Å²) in [7, 11) is 0. The van der Waals surface area contributed by atoms with Gasteiger partial charge in [-0.25, -0.2) is 4.79 Å². The average molecular weight is 470 g/mol. The van der Waals surface area contributed by atoms with Crippen molar-refractivity contribution in [3.05, 3.63) is 32.3 Å². The van der Waals surface area contributed by atoms with Crippen LogP contribution in [0.5, 0.6) is 0 Å². The van der Waals surface area contributed by atoms with Gasteiger partial charge < -0.3 is 10.3 Å². The number of aromatic amines is 1. The van der Waals surface area contributed by atoms with Crippen LogP contribution >= 0.6 is 11.3 Å². The number of rotatable bonds is 5. The molecule has 2 N–H and O–H groups in total. The summed E-state index contributed by atoms with van der Waals surface area (Å²) >= 11 is 1.37. The molecule has 0 unspecified atom stereocenters. The van der Waals surface area contributed by atoms with E-state index in [4.69, 9.17) is 0 Å². The Kier molecular flexibility index (Phi) is 5.31. The zero-order chi connectivity index (χ0) is 22.7. The van der Waals surface area contributed by atoms with Crippen LogP contribution < -0.4 is 16.6 Å². The summed E-state index contributed by atoms with van der Waals surface area (Å²) in [5, 5.41) is 5.29. The number of fused-ring (bicyclic) bond motifs is 1. The quantitative estimate of drug-likeness (QED) is 0.686. The Balaban J connectivity index is 1.06. The summed E-state index contributed by atoms with van der Waals surface area (Å²) in [6.07, 6.45) is 11.7. The predicted molar refractivity (Wildman–Crippen MR) is 130 cm³/mol. The Morgan fingerprint density at radius 1 is 1.12 bits per heavy atom. The molecule has 7 heteroatoms. The summed E-state index contributed by atoms with van der Waals surface area (Å²) < 4.78 is 1.97. The molecule has 1 amide bonds. The molecule has 2 aromatic rings. The second kappa shape index (κ2) is 8.10. The normalized spacial score (nSPS) is 36.2. The number of thiophene rings is 1. The molecule has 2 aromatic heterocycles. The van der Waals surface area contributed by atoms with Gasteiger partial charge in [-0.1, -0.05) is 0 Å². The minimum Gasteiger partial charge on any atom is -0.353 e. The van der Waals surface area contributed by atoms with Crippen LogP contribution in [0.2, 0.25) is 0 Å². The van der Waals surface area contributed by atoms with Gasteiger partial charge in [0.2, 0.25) is 5.91 Å². The fourth-order valence-corrected chi connectivity index (χ4v) is 8.99. The maximum atomic E-state index is 13.2. The Hall–Kier alpha value is -1.89. The van der Waals surface area contributed by atoms with Crippen molar-refractivity contribution in [2.24, 2.45) is 35.0 Å². The SMILES string of the molecule is C[C@H](NC(=O)C1CCC(Cn2c(=O)[nH]c3ccsc3c2=O)CC1)C12CC3CC(CC(C3)C1)C2. The number of nitrogens with one attached hydrogen (secondary N) is 2. The summed E-state index contributed by atoms with van der Waals surface area (Å²) in [6, 6.07) is 2.05. The molecule has 33 heavy (non-hydrogen) atoms. The number of amides is 1. The number of carbonyl (C=O) groups is 1. The lowest BCUT2D eigenvalue weighted by atomic mass is 9.48. The molecule has 4 bridgehead atoms. The monoisotopic (exact) mass is 469 g/mol. The highest BCUT2D eigenvalue weighted by atomic mass is 32.1. The first-order valence-corrected chi connectivity index (χ1v) is 13.8. The predicted octanol–water partition coefficient (Wildman–Crippen LogP) is 4.28. The van der Waals surface area contributed by atoms with Gasteiger partial charge in [-0.2, -0.15) is 0 Å². The number of carbonyl (C=O) groups excluding carboxylic acids is 1. The first-order valence-electron chi connectivity index (χ1n) is 12.9. The topological polar surface area (TPSA) is 84.0 Å². The molecule has 0 spiro atoms. The van der Waals surface area contributed by atoms with Crippen molar-refractivity contribution in [3.63, 3.8) is 0 Å². The largest absolute Gasteiger partial charge is 0.353 e. The fraction of sp³-hybridized carbons (Fsp3) is 0.731. The smallest absolute Gasteiger partial charge is 0.328 e. The van der Waals surface area contributed by atoms with Crippen LogP contribution in [0, 0.1) is 35.0 Å². The van der Waals surface area contributed by atoms with Crippen LogP contribution in [0.15, 0.2) is 21.0 Å². The number of hydrogen-bond donors (Lipinski definition) is 2. The zero-order valence-corrected chi connectivity index (χ0v) is 20.3. The van der Waals surface area contributed by atoms with Crippen molar-refractivity contribution in [1.82, 2.24) is 14.9 Å². The molecule has 6 nitrogen and oxygen atoms in total. The third-order valence-corrected chi connectivity index (χ3v) is 10.5. The van der Waals surface area contributed by atoms with E-state index in [0.717, 1.165) is 43.4 Å². The van der Waals surface area contributed by atoms with Crippen LogP contribution in [0.4, 0.5) is 0 Å². The first kappa shape index (κ1) is 21.6. The van der Waals surface area contributed by atoms with Crippen molar-refractivity contribution in [3.8, 4) is 0 Å². The van der Waals surface area contributed by atoms with Gasteiger partial charge in [0, 0.05) is 18.5 Å². The van der Waals surface area contributed by atoms with Crippen LogP contribution in [0.1, 0.15) is 71.1 Å². The average Bonchev–Trinajstić information content (AvgIpc) is 3.24. The number of nitrogens with zero attached hydrogens (tertiary/aromatic N) is 1. The van der Waals surface area contributed by atoms with E-state index in [1.54, 1.807) is 6.07 Å².